The Kier molecular flexibility index (Phi) is 3.61. The van der Waals surface area contributed by atoms with Crippen molar-refractivity contribution in [2.45, 2.75) is 6.04 Å². The van der Waals surface area contributed by atoms with Gasteiger partial charge in [0.25, 0.3) is 0 Å². The van der Waals surface area contributed by atoms with E-state index >= 15 is 0 Å². The zero-order valence-electron chi connectivity index (χ0n) is 11.5. The van der Waals surface area contributed by atoms with E-state index in [-0.39, 0.29) is 6.04 Å². The lowest BCUT2D eigenvalue weighted by atomic mass is 10.1. The molecule has 0 aliphatic heterocycles. The summed E-state index contributed by atoms with van der Waals surface area (Å²) in [5, 5.41) is 7.04. The fourth-order valence-corrected chi connectivity index (χ4v) is 1.99. The summed E-state index contributed by atoms with van der Waals surface area (Å²) in [6, 6.07) is 12.8. The van der Waals surface area contributed by atoms with Gasteiger partial charge in [-0.25, -0.2) is 4.98 Å². The number of aromatic amines is 1. The first kappa shape index (κ1) is 13.3. The number of H-pyrrole nitrogens is 1. The molecule has 1 atom stereocenters. The van der Waals surface area contributed by atoms with Crippen molar-refractivity contribution in [2.75, 3.05) is 7.11 Å². The monoisotopic (exact) mass is 281 g/mol. The van der Waals surface area contributed by atoms with Crippen LogP contribution in [0.5, 0.6) is 5.75 Å². The van der Waals surface area contributed by atoms with Gasteiger partial charge >= 0.3 is 0 Å². The molecule has 1 aromatic carbocycles. The predicted molar refractivity (Wildman–Crippen MR) is 78.6 cm³/mol. The number of hydrogen-bond acceptors (Lipinski definition) is 5. The number of nitrogens with zero attached hydrogens (tertiary/aromatic N) is 3. The molecule has 2 aromatic heterocycles. The number of aromatic nitrogens is 4. The van der Waals surface area contributed by atoms with Crippen molar-refractivity contribution in [1.29, 1.82) is 0 Å². The maximum Gasteiger partial charge on any atom is 0.199 e. The highest BCUT2D eigenvalue weighted by Crippen LogP contribution is 2.21. The van der Waals surface area contributed by atoms with Crippen molar-refractivity contribution in [3.05, 3.63) is 60.0 Å². The van der Waals surface area contributed by atoms with Crippen LogP contribution >= 0.6 is 0 Å². The second-order valence-electron chi connectivity index (χ2n) is 4.51. The van der Waals surface area contributed by atoms with Crippen LogP contribution in [-0.4, -0.2) is 27.3 Å². The van der Waals surface area contributed by atoms with E-state index in [9.17, 15) is 0 Å². The molecule has 0 radical (unpaired) electrons. The summed E-state index contributed by atoms with van der Waals surface area (Å²) in [6.45, 7) is 0. The van der Waals surface area contributed by atoms with Crippen LogP contribution in [0.4, 0.5) is 0 Å². The molecule has 0 bridgehead atoms. The van der Waals surface area contributed by atoms with Gasteiger partial charge in [0.2, 0.25) is 0 Å². The Bertz CT molecular complexity index is 708. The van der Waals surface area contributed by atoms with Crippen LogP contribution < -0.4 is 10.5 Å². The minimum Gasteiger partial charge on any atom is -0.497 e. The van der Waals surface area contributed by atoms with Gasteiger partial charge in [-0.3, -0.25) is 10.1 Å². The highest BCUT2D eigenvalue weighted by Gasteiger charge is 2.15. The molecule has 0 aliphatic rings. The fraction of sp³-hybridized carbons (Fsp3) is 0.133. The van der Waals surface area contributed by atoms with Crippen molar-refractivity contribution in [1.82, 2.24) is 20.2 Å². The second kappa shape index (κ2) is 5.72. The first-order valence-corrected chi connectivity index (χ1v) is 6.51. The van der Waals surface area contributed by atoms with Crippen LogP contribution in [-0.2, 0) is 0 Å². The summed E-state index contributed by atoms with van der Waals surface area (Å²) in [4.78, 5) is 8.63. The van der Waals surface area contributed by atoms with Crippen LogP contribution in [0.15, 0.2) is 48.7 Å². The summed E-state index contributed by atoms with van der Waals surface area (Å²) < 4.78 is 5.13. The van der Waals surface area contributed by atoms with Crippen LogP contribution in [0, 0.1) is 0 Å². The summed E-state index contributed by atoms with van der Waals surface area (Å²) in [7, 11) is 1.63. The predicted octanol–water partition coefficient (Wildman–Crippen LogP) is 1.92. The average molecular weight is 281 g/mol. The van der Waals surface area contributed by atoms with E-state index < -0.39 is 0 Å². The van der Waals surface area contributed by atoms with Gasteiger partial charge in [-0.2, -0.15) is 5.10 Å². The Balaban J connectivity index is 1.85. The third-order valence-corrected chi connectivity index (χ3v) is 3.17. The van der Waals surface area contributed by atoms with Crippen molar-refractivity contribution in [3.8, 4) is 17.3 Å². The van der Waals surface area contributed by atoms with E-state index in [1.807, 2.05) is 42.5 Å². The molecule has 6 heteroatoms. The molecule has 0 saturated heterocycles. The van der Waals surface area contributed by atoms with E-state index in [0.717, 1.165) is 11.3 Å². The first-order valence-electron chi connectivity index (χ1n) is 6.51. The average Bonchev–Trinajstić information content (AvgIpc) is 3.05. The SMILES string of the molecule is COc1ccc([C@H](N)c2nc(-c3ccccn3)n[nH]2)cc1. The Hall–Kier alpha value is -2.73. The zero-order chi connectivity index (χ0) is 14.7. The third kappa shape index (κ3) is 2.75. The van der Waals surface area contributed by atoms with Crippen molar-refractivity contribution in [3.63, 3.8) is 0 Å². The van der Waals surface area contributed by atoms with Gasteiger partial charge in [0, 0.05) is 6.20 Å². The maximum atomic E-state index is 6.20. The Labute approximate surface area is 122 Å². The molecule has 2 heterocycles. The normalized spacial score (nSPS) is 12.1. The molecular weight excluding hydrogens is 266 g/mol. The number of pyridine rings is 1. The molecule has 0 fully saturated rings. The Morgan fingerprint density at radius 2 is 1.95 bits per heavy atom. The lowest BCUT2D eigenvalue weighted by Crippen LogP contribution is -2.13. The molecule has 6 nitrogen and oxygen atoms in total. The topological polar surface area (TPSA) is 89.7 Å². The van der Waals surface area contributed by atoms with E-state index in [1.165, 1.54) is 0 Å². The summed E-state index contributed by atoms with van der Waals surface area (Å²) in [5.41, 5.74) is 7.84. The molecular formula is C15H15N5O. The molecule has 3 N–H and O–H groups in total. The van der Waals surface area contributed by atoms with Crippen LogP contribution in [0.2, 0.25) is 0 Å². The van der Waals surface area contributed by atoms with Gasteiger partial charge in [0.15, 0.2) is 5.82 Å². The van der Waals surface area contributed by atoms with Gasteiger partial charge in [0.1, 0.15) is 17.3 Å². The van der Waals surface area contributed by atoms with Crippen LogP contribution in [0.3, 0.4) is 0 Å². The smallest absolute Gasteiger partial charge is 0.199 e. The largest absolute Gasteiger partial charge is 0.497 e. The van der Waals surface area contributed by atoms with E-state index in [1.54, 1.807) is 13.3 Å². The standard InChI is InChI=1S/C15H15N5O/c1-21-11-7-5-10(6-8-11)13(16)15-18-14(19-20-15)12-4-2-3-9-17-12/h2-9,13H,16H2,1H3,(H,18,19,20)/t13-/m0/s1. The molecule has 21 heavy (non-hydrogen) atoms. The van der Waals surface area contributed by atoms with E-state index in [2.05, 4.69) is 20.2 Å². The van der Waals surface area contributed by atoms with E-state index in [0.29, 0.717) is 17.3 Å². The quantitative estimate of drug-likeness (QED) is 0.762. The number of rotatable bonds is 4. The molecule has 0 saturated carbocycles. The van der Waals surface area contributed by atoms with Crippen molar-refractivity contribution < 1.29 is 4.74 Å². The molecule has 3 rings (SSSR count). The second-order valence-corrected chi connectivity index (χ2v) is 4.51. The summed E-state index contributed by atoms with van der Waals surface area (Å²) >= 11 is 0. The molecule has 106 valence electrons. The number of methoxy groups -OCH3 is 1. The lowest BCUT2D eigenvalue weighted by molar-refractivity contribution is 0.414. The minimum atomic E-state index is -0.374. The van der Waals surface area contributed by atoms with E-state index in [4.69, 9.17) is 10.5 Å². The van der Waals surface area contributed by atoms with Crippen LogP contribution in [0.25, 0.3) is 11.5 Å². The van der Waals surface area contributed by atoms with Crippen LogP contribution in [0.1, 0.15) is 17.4 Å². The van der Waals surface area contributed by atoms with Crippen molar-refractivity contribution in [2.24, 2.45) is 5.73 Å². The number of nitrogens with two attached hydrogens (primary N) is 1. The number of nitrogens with one attached hydrogen (secondary N) is 1. The number of benzene rings is 1. The first-order chi connectivity index (χ1) is 10.3. The molecule has 0 amide bonds. The van der Waals surface area contributed by atoms with Gasteiger partial charge in [-0.05, 0) is 29.8 Å². The Morgan fingerprint density at radius 1 is 1.14 bits per heavy atom. The maximum absolute atomic E-state index is 6.20. The summed E-state index contributed by atoms with van der Waals surface area (Å²) in [5.74, 6) is 1.92. The van der Waals surface area contributed by atoms with Crippen molar-refractivity contribution >= 4 is 0 Å². The van der Waals surface area contributed by atoms with Gasteiger partial charge in [-0.15, -0.1) is 0 Å². The fourth-order valence-electron chi connectivity index (χ4n) is 1.99. The third-order valence-electron chi connectivity index (χ3n) is 3.17. The molecule has 0 spiro atoms. The molecule has 0 aliphatic carbocycles. The lowest BCUT2D eigenvalue weighted by Gasteiger charge is -2.09. The van der Waals surface area contributed by atoms with Gasteiger partial charge < -0.3 is 10.5 Å². The highest BCUT2D eigenvalue weighted by atomic mass is 16.5. The molecule has 3 aromatic rings. The molecule has 0 unspecified atom stereocenters. The number of ether oxygens (including phenoxy) is 1. The highest BCUT2D eigenvalue weighted by molar-refractivity contribution is 5.48. The number of hydrogen-bond donors (Lipinski definition) is 2. The van der Waals surface area contributed by atoms with Gasteiger partial charge in [0.05, 0.1) is 13.2 Å². The zero-order valence-corrected chi connectivity index (χ0v) is 11.5. The Morgan fingerprint density at radius 3 is 2.62 bits per heavy atom. The van der Waals surface area contributed by atoms with Gasteiger partial charge in [-0.1, -0.05) is 18.2 Å². The minimum absolute atomic E-state index is 0.374. The summed E-state index contributed by atoms with van der Waals surface area (Å²) in [6.07, 6.45) is 1.70.